The molecule has 2 amide bonds. The largest absolute Gasteiger partial charge is 0.497 e. The summed E-state index contributed by atoms with van der Waals surface area (Å²) in [5, 5.41) is 0. The fourth-order valence-corrected chi connectivity index (χ4v) is 4.39. The highest BCUT2D eigenvalue weighted by molar-refractivity contribution is 5.80. The van der Waals surface area contributed by atoms with Crippen LogP contribution in [0.4, 0.5) is 0 Å². The van der Waals surface area contributed by atoms with Gasteiger partial charge in [-0.05, 0) is 30.5 Å². The molecular weight excluding hydrogens is 316 g/mol. The van der Waals surface area contributed by atoms with Gasteiger partial charge in [0.2, 0.25) is 11.8 Å². The number of rotatable bonds is 3. The number of amides is 2. The van der Waals surface area contributed by atoms with E-state index >= 15 is 0 Å². The van der Waals surface area contributed by atoms with Gasteiger partial charge in [-0.2, -0.15) is 0 Å². The smallest absolute Gasteiger partial charge is 0.227 e. The van der Waals surface area contributed by atoms with E-state index in [1.807, 2.05) is 34.1 Å². The number of hydrogen-bond donors (Lipinski definition) is 0. The van der Waals surface area contributed by atoms with Gasteiger partial charge in [-0.1, -0.05) is 31.4 Å². The first-order valence-corrected chi connectivity index (χ1v) is 9.23. The Morgan fingerprint density at radius 2 is 1.92 bits per heavy atom. The molecule has 1 aromatic carbocycles. The molecule has 1 aromatic rings. The predicted octanol–water partition coefficient (Wildman–Crippen LogP) is 2.63. The number of methoxy groups -OCH3 is 1. The van der Waals surface area contributed by atoms with Crippen molar-refractivity contribution >= 4 is 11.8 Å². The Bertz CT molecular complexity index is 638. The quantitative estimate of drug-likeness (QED) is 0.847. The van der Waals surface area contributed by atoms with E-state index in [-0.39, 0.29) is 17.4 Å². The molecule has 0 bridgehead atoms. The van der Waals surface area contributed by atoms with Crippen LogP contribution in [0, 0.1) is 0 Å². The number of hydrogen-bond acceptors (Lipinski definition) is 3. The lowest BCUT2D eigenvalue weighted by atomic mass is 9.78. The van der Waals surface area contributed by atoms with Crippen molar-refractivity contribution in [1.29, 1.82) is 0 Å². The normalized spacial score (nSPS) is 19.8. The van der Waals surface area contributed by atoms with Gasteiger partial charge < -0.3 is 14.5 Å². The molecule has 5 nitrogen and oxygen atoms in total. The summed E-state index contributed by atoms with van der Waals surface area (Å²) in [5.74, 6) is 1.05. The number of carbonyl (C=O) groups excluding carboxylic acids is 2. The zero-order chi connectivity index (χ0) is 17.9. The van der Waals surface area contributed by atoms with Crippen LogP contribution in [0.15, 0.2) is 24.3 Å². The zero-order valence-corrected chi connectivity index (χ0v) is 15.3. The van der Waals surface area contributed by atoms with Crippen LogP contribution in [0.3, 0.4) is 0 Å². The molecule has 2 aliphatic rings. The van der Waals surface area contributed by atoms with Crippen molar-refractivity contribution < 1.29 is 14.3 Å². The van der Waals surface area contributed by atoms with E-state index < -0.39 is 0 Å². The van der Waals surface area contributed by atoms with Crippen molar-refractivity contribution in [2.45, 2.75) is 51.0 Å². The lowest BCUT2D eigenvalue weighted by Gasteiger charge is -2.52. The molecule has 136 valence electrons. The van der Waals surface area contributed by atoms with Gasteiger partial charge in [0.1, 0.15) is 5.75 Å². The molecule has 0 aromatic heterocycles. The molecule has 0 N–H and O–H groups in total. The minimum atomic E-state index is -0.146. The second-order valence-corrected chi connectivity index (χ2v) is 7.30. The van der Waals surface area contributed by atoms with Gasteiger partial charge in [-0.25, -0.2) is 0 Å². The minimum absolute atomic E-state index is 0.140. The number of piperazine rings is 1. The first kappa shape index (κ1) is 17.8. The van der Waals surface area contributed by atoms with Crippen molar-refractivity contribution in [2.24, 2.45) is 0 Å². The Morgan fingerprint density at radius 1 is 1.16 bits per heavy atom. The minimum Gasteiger partial charge on any atom is -0.497 e. The Balaban J connectivity index is 1.72. The molecule has 5 heteroatoms. The van der Waals surface area contributed by atoms with E-state index in [2.05, 4.69) is 0 Å². The molecule has 25 heavy (non-hydrogen) atoms. The summed E-state index contributed by atoms with van der Waals surface area (Å²) in [5.41, 5.74) is 0.822. The summed E-state index contributed by atoms with van der Waals surface area (Å²) in [4.78, 5) is 29.0. The molecule has 1 saturated heterocycles. The molecule has 3 rings (SSSR count). The number of carbonyl (C=O) groups is 2. The van der Waals surface area contributed by atoms with Gasteiger partial charge >= 0.3 is 0 Å². The molecule has 1 saturated carbocycles. The van der Waals surface area contributed by atoms with Crippen molar-refractivity contribution in [3.05, 3.63) is 29.8 Å². The monoisotopic (exact) mass is 344 g/mol. The number of nitrogens with zero attached hydrogens (tertiary/aromatic N) is 2. The van der Waals surface area contributed by atoms with Crippen LogP contribution < -0.4 is 4.74 Å². The molecule has 0 unspecified atom stereocenters. The van der Waals surface area contributed by atoms with Gasteiger partial charge in [-0.15, -0.1) is 0 Å². The molecule has 0 atom stereocenters. The van der Waals surface area contributed by atoms with E-state index in [4.69, 9.17) is 4.74 Å². The van der Waals surface area contributed by atoms with Crippen LogP contribution in [0.2, 0.25) is 0 Å². The second kappa shape index (κ2) is 7.46. The van der Waals surface area contributed by atoms with Crippen LogP contribution in [-0.2, 0) is 16.0 Å². The maximum Gasteiger partial charge on any atom is 0.227 e. The van der Waals surface area contributed by atoms with Crippen LogP contribution in [-0.4, -0.2) is 53.9 Å². The van der Waals surface area contributed by atoms with Crippen LogP contribution in [0.5, 0.6) is 5.75 Å². The van der Waals surface area contributed by atoms with Gasteiger partial charge in [0, 0.05) is 26.6 Å². The standard InChI is InChI=1S/C20H28N2O3/c1-16(23)22-12-11-21(15-20(22)9-4-3-5-10-20)19(24)14-17-7-6-8-18(13-17)25-2/h6-8,13H,3-5,9-12,14-15H2,1-2H3. The molecule has 2 fully saturated rings. The molecule has 1 aliphatic carbocycles. The van der Waals surface area contributed by atoms with Crippen molar-refractivity contribution in [1.82, 2.24) is 9.80 Å². The van der Waals surface area contributed by atoms with Crippen LogP contribution in [0.1, 0.15) is 44.6 Å². The highest BCUT2D eigenvalue weighted by Gasteiger charge is 2.44. The number of benzene rings is 1. The predicted molar refractivity (Wildman–Crippen MR) is 96.5 cm³/mol. The first-order valence-electron chi connectivity index (χ1n) is 9.23. The SMILES string of the molecule is COc1cccc(CC(=O)N2CCN(C(C)=O)C3(CCCCC3)C2)c1. The lowest BCUT2D eigenvalue weighted by molar-refractivity contribution is -0.150. The average Bonchev–Trinajstić information content (AvgIpc) is 2.62. The van der Waals surface area contributed by atoms with E-state index in [1.54, 1.807) is 14.0 Å². The summed E-state index contributed by atoms with van der Waals surface area (Å²) < 4.78 is 5.24. The topological polar surface area (TPSA) is 49.9 Å². The van der Waals surface area contributed by atoms with Crippen molar-refractivity contribution in [3.8, 4) is 5.75 Å². The van der Waals surface area contributed by atoms with Gasteiger partial charge in [-0.3, -0.25) is 9.59 Å². The highest BCUT2D eigenvalue weighted by atomic mass is 16.5. The van der Waals surface area contributed by atoms with Crippen molar-refractivity contribution in [3.63, 3.8) is 0 Å². The molecular formula is C20H28N2O3. The zero-order valence-electron chi connectivity index (χ0n) is 15.3. The first-order chi connectivity index (χ1) is 12.0. The summed E-state index contributed by atoms with van der Waals surface area (Å²) in [7, 11) is 1.63. The summed E-state index contributed by atoms with van der Waals surface area (Å²) in [6, 6.07) is 7.68. The Morgan fingerprint density at radius 3 is 2.60 bits per heavy atom. The maximum atomic E-state index is 12.9. The van der Waals surface area contributed by atoms with Gasteiger partial charge in [0.25, 0.3) is 0 Å². The maximum absolute atomic E-state index is 12.9. The molecule has 0 radical (unpaired) electrons. The Kier molecular flexibility index (Phi) is 5.30. The molecule has 1 aliphatic heterocycles. The number of ether oxygens (including phenoxy) is 1. The van der Waals surface area contributed by atoms with Gasteiger partial charge in [0.05, 0.1) is 19.1 Å². The fraction of sp³-hybridized carbons (Fsp3) is 0.600. The Hall–Kier alpha value is -2.04. The van der Waals surface area contributed by atoms with E-state index in [0.717, 1.165) is 37.0 Å². The third-order valence-corrected chi connectivity index (χ3v) is 5.66. The summed E-state index contributed by atoms with van der Waals surface area (Å²) in [6.45, 7) is 3.61. The lowest BCUT2D eigenvalue weighted by Crippen LogP contribution is -2.65. The molecule has 1 spiro atoms. The third kappa shape index (κ3) is 3.80. The van der Waals surface area contributed by atoms with Gasteiger partial charge in [0.15, 0.2) is 0 Å². The van der Waals surface area contributed by atoms with E-state index in [0.29, 0.717) is 26.1 Å². The van der Waals surface area contributed by atoms with Crippen LogP contribution >= 0.6 is 0 Å². The molecule has 1 heterocycles. The van der Waals surface area contributed by atoms with Crippen LogP contribution in [0.25, 0.3) is 0 Å². The van der Waals surface area contributed by atoms with E-state index in [9.17, 15) is 9.59 Å². The summed E-state index contributed by atoms with van der Waals surface area (Å²) in [6.07, 6.45) is 5.91. The second-order valence-electron chi connectivity index (χ2n) is 7.30. The van der Waals surface area contributed by atoms with E-state index in [1.165, 1.54) is 6.42 Å². The van der Waals surface area contributed by atoms with Crippen molar-refractivity contribution in [2.75, 3.05) is 26.7 Å². The average molecular weight is 344 g/mol. The Labute approximate surface area is 149 Å². The fourth-order valence-electron chi connectivity index (χ4n) is 4.39. The highest BCUT2D eigenvalue weighted by Crippen LogP contribution is 2.36. The summed E-state index contributed by atoms with van der Waals surface area (Å²) >= 11 is 0. The third-order valence-electron chi connectivity index (χ3n) is 5.66.